The first kappa shape index (κ1) is 9.78. The Hall–Kier alpha value is -1.31. The minimum atomic E-state index is 0.0707. The largest absolute Gasteiger partial charge is 0.398 e. The van der Waals surface area contributed by atoms with Crippen molar-refractivity contribution in [3.05, 3.63) is 28.8 Å². The van der Waals surface area contributed by atoms with E-state index in [1.165, 1.54) is 0 Å². The first-order valence-electron chi connectivity index (χ1n) is 4.46. The quantitative estimate of drug-likeness (QED) is 0.556. The Kier molecular flexibility index (Phi) is 2.71. The van der Waals surface area contributed by atoms with Gasteiger partial charge < -0.3 is 5.73 Å². The second kappa shape index (κ2) is 3.60. The SMILES string of the molecule is CCc1cc(C(C)=O)cc(N)c1C. The Bertz CT molecular complexity index is 342. The molecule has 0 aliphatic heterocycles. The predicted molar refractivity (Wildman–Crippen MR) is 55.0 cm³/mol. The molecule has 0 amide bonds. The summed E-state index contributed by atoms with van der Waals surface area (Å²) in [7, 11) is 0. The van der Waals surface area contributed by atoms with E-state index in [0.717, 1.165) is 17.5 Å². The number of carbonyl (C=O) groups is 1. The van der Waals surface area contributed by atoms with E-state index in [-0.39, 0.29) is 5.78 Å². The first-order valence-corrected chi connectivity index (χ1v) is 4.46. The molecule has 0 bridgehead atoms. The van der Waals surface area contributed by atoms with Crippen LogP contribution in [-0.4, -0.2) is 5.78 Å². The van der Waals surface area contributed by atoms with Crippen LogP contribution in [0.15, 0.2) is 12.1 Å². The zero-order valence-electron chi connectivity index (χ0n) is 8.35. The molecule has 0 aliphatic carbocycles. The third-order valence-corrected chi connectivity index (χ3v) is 2.34. The van der Waals surface area contributed by atoms with Gasteiger partial charge in [-0.2, -0.15) is 0 Å². The fourth-order valence-corrected chi connectivity index (χ4v) is 1.37. The summed E-state index contributed by atoms with van der Waals surface area (Å²) in [6.07, 6.45) is 0.914. The molecular weight excluding hydrogens is 162 g/mol. The highest BCUT2D eigenvalue weighted by molar-refractivity contribution is 5.95. The number of Topliss-reactive ketones (excluding diaryl/α,β-unsaturated/α-hetero) is 1. The molecular formula is C11H15NO. The monoisotopic (exact) mass is 177 g/mol. The maximum atomic E-state index is 11.1. The summed E-state index contributed by atoms with van der Waals surface area (Å²) >= 11 is 0. The van der Waals surface area contributed by atoms with Gasteiger partial charge in [-0.15, -0.1) is 0 Å². The molecule has 0 spiro atoms. The van der Waals surface area contributed by atoms with Gasteiger partial charge >= 0.3 is 0 Å². The molecule has 0 saturated heterocycles. The summed E-state index contributed by atoms with van der Waals surface area (Å²) in [5.74, 6) is 0.0707. The van der Waals surface area contributed by atoms with Gasteiger partial charge in [-0.1, -0.05) is 6.92 Å². The molecule has 70 valence electrons. The number of nitrogen functional groups attached to an aromatic ring is 1. The van der Waals surface area contributed by atoms with E-state index in [1.807, 2.05) is 13.0 Å². The highest BCUT2D eigenvalue weighted by Crippen LogP contribution is 2.19. The number of nitrogens with two attached hydrogens (primary N) is 1. The Morgan fingerprint density at radius 3 is 2.54 bits per heavy atom. The van der Waals surface area contributed by atoms with Crippen molar-refractivity contribution >= 4 is 11.5 Å². The maximum Gasteiger partial charge on any atom is 0.159 e. The van der Waals surface area contributed by atoms with Crippen LogP contribution >= 0.6 is 0 Å². The average Bonchev–Trinajstić information content (AvgIpc) is 2.09. The van der Waals surface area contributed by atoms with Crippen LogP contribution in [0, 0.1) is 6.92 Å². The third kappa shape index (κ3) is 1.89. The smallest absolute Gasteiger partial charge is 0.159 e. The van der Waals surface area contributed by atoms with E-state index in [4.69, 9.17) is 5.73 Å². The summed E-state index contributed by atoms with van der Waals surface area (Å²) in [5.41, 5.74) is 9.45. The van der Waals surface area contributed by atoms with Crippen LogP contribution in [0.2, 0.25) is 0 Å². The molecule has 0 unspecified atom stereocenters. The van der Waals surface area contributed by atoms with Gasteiger partial charge in [0.15, 0.2) is 5.78 Å². The van der Waals surface area contributed by atoms with E-state index in [0.29, 0.717) is 11.3 Å². The summed E-state index contributed by atoms with van der Waals surface area (Å²) < 4.78 is 0. The lowest BCUT2D eigenvalue weighted by molar-refractivity contribution is 0.101. The Balaban J connectivity index is 3.30. The van der Waals surface area contributed by atoms with Crippen LogP contribution in [0.25, 0.3) is 0 Å². The van der Waals surface area contributed by atoms with Gasteiger partial charge in [0.2, 0.25) is 0 Å². The zero-order valence-corrected chi connectivity index (χ0v) is 8.35. The molecule has 0 atom stereocenters. The van der Waals surface area contributed by atoms with Crippen molar-refractivity contribution < 1.29 is 4.79 Å². The molecule has 2 N–H and O–H groups in total. The maximum absolute atomic E-state index is 11.1. The van der Waals surface area contributed by atoms with E-state index in [9.17, 15) is 4.79 Å². The Morgan fingerprint density at radius 2 is 2.08 bits per heavy atom. The van der Waals surface area contributed by atoms with E-state index in [2.05, 4.69) is 6.92 Å². The standard InChI is InChI=1S/C11H15NO/c1-4-9-5-10(8(3)13)6-11(12)7(9)2/h5-6H,4,12H2,1-3H3. The molecule has 0 fully saturated rings. The lowest BCUT2D eigenvalue weighted by atomic mass is 9.99. The van der Waals surface area contributed by atoms with Crippen LogP contribution in [0.1, 0.15) is 35.3 Å². The lowest BCUT2D eigenvalue weighted by Crippen LogP contribution is -2.00. The molecule has 2 nitrogen and oxygen atoms in total. The van der Waals surface area contributed by atoms with Crippen molar-refractivity contribution in [2.75, 3.05) is 5.73 Å². The van der Waals surface area contributed by atoms with Gasteiger partial charge in [-0.3, -0.25) is 4.79 Å². The van der Waals surface area contributed by atoms with E-state index >= 15 is 0 Å². The number of hydrogen-bond acceptors (Lipinski definition) is 2. The van der Waals surface area contributed by atoms with Crippen molar-refractivity contribution in [1.29, 1.82) is 0 Å². The van der Waals surface area contributed by atoms with Gasteiger partial charge in [0, 0.05) is 11.3 Å². The summed E-state index contributed by atoms with van der Waals surface area (Å²) in [6.45, 7) is 5.60. The topological polar surface area (TPSA) is 43.1 Å². The van der Waals surface area contributed by atoms with Gasteiger partial charge in [0.25, 0.3) is 0 Å². The number of rotatable bonds is 2. The molecule has 0 saturated carbocycles. The molecule has 0 aliphatic rings. The number of carbonyl (C=O) groups excluding carboxylic acids is 1. The first-order chi connectivity index (χ1) is 6.06. The fourth-order valence-electron chi connectivity index (χ4n) is 1.37. The molecule has 13 heavy (non-hydrogen) atoms. The van der Waals surface area contributed by atoms with Crippen molar-refractivity contribution in [2.24, 2.45) is 0 Å². The normalized spacial score (nSPS) is 10.1. The van der Waals surface area contributed by atoms with Crippen LogP contribution in [0.5, 0.6) is 0 Å². The lowest BCUT2D eigenvalue weighted by Gasteiger charge is -2.08. The van der Waals surface area contributed by atoms with Crippen LogP contribution < -0.4 is 5.73 Å². The fraction of sp³-hybridized carbons (Fsp3) is 0.364. The second-order valence-electron chi connectivity index (χ2n) is 3.26. The predicted octanol–water partition coefficient (Wildman–Crippen LogP) is 2.34. The molecule has 1 rings (SSSR count). The highest BCUT2D eigenvalue weighted by atomic mass is 16.1. The van der Waals surface area contributed by atoms with Crippen molar-refractivity contribution in [1.82, 2.24) is 0 Å². The van der Waals surface area contributed by atoms with Gasteiger partial charge in [-0.05, 0) is 43.5 Å². The average molecular weight is 177 g/mol. The van der Waals surface area contributed by atoms with Gasteiger partial charge in [0.1, 0.15) is 0 Å². The van der Waals surface area contributed by atoms with Crippen molar-refractivity contribution in [3.8, 4) is 0 Å². The second-order valence-corrected chi connectivity index (χ2v) is 3.26. The number of ketones is 1. The molecule has 1 aromatic rings. The van der Waals surface area contributed by atoms with E-state index in [1.54, 1.807) is 13.0 Å². The number of anilines is 1. The van der Waals surface area contributed by atoms with Gasteiger partial charge in [-0.25, -0.2) is 0 Å². The summed E-state index contributed by atoms with van der Waals surface area (Å²) in [5, 5.41) is 0. The molecule has 1 aromatic carbocycles. The van der Waals surface area contributed by atoms with Crippen LogP contribution in [0.4, 0.5) is 5.69 Å². The number of benzene rings is 1. The van der Waals surface area contributed by atoms with Crippen molar-refractivity contribution in [3.63, 3.8) is 0 Å². The zero-order chi connectivity index (χ0) is 10.0. The highest BCUT2D eigenvalue weighted by Gasteiger charge is 2.06. The number of aryl methyl sites for hydroxylation is 1. The molecule has 2 heteroatoms. The summed E-state index contributed by atoms with van der Waals surface area (Å²) in [6, 6.07) is 3.67. The van der Waals surface area contributed by atoms with Gasteiger partial charge in [0.05, 0.1) is 0 Å². The third-order valence-electron chi connectivity index (χ3n) is 2.34. The summed E-state index contributed by atoms with van der Waals surface area (Å²) in [4.78, 5) is 11.1. The minimum absolute atomic E-state index is 0.0707. The minimum Gasteiger partial charge on any atom is -0.398 e. The van der Waals surface area contributed by atoms with E-state index < -0.39 is 0 Å². The molecule has 0 heterocycles. The van der Waals surface area contributed by atoms with Crippen molar-refractivity contribution in [2.45, 2.75) is 27.2 Å². The number of hydrogen-bond donors (Lipinski definition) is 1. The van der Waals surface area contributed by atoms with Crippen LogP contribution in [-0.2, 0) is 6.42 Å². The Labute approximate surface area is 78.8 Å². The molecule has 0 radical (unpaired) electrons. The molecule has 0 aromatic heterocycles. The van der Waals surface area contributed by atoms with Crippen LogP contribution in [0.3, 0.4) is 0 Å². The Morgan fingerprint density at radius 1 is 1.46 bits per heavy atom.